The summed E-state index contributed by atoms with van der Waals surface area (Å²) in [4.78, 5) is 33.4. The van der Waals surface area contributed by atoms with Gasteiger partial charge in [0.1, 0.15) is 24.6 Å². The first-order valence-electron chi connectivity index (χ1n) is 8.18. The Morgan fingerprint density at radius 2 is 1.96 bits per heavy atom. The van der Waals surface area contributed by atoms with E-state index in [0.29, 0.717) is 19.1 Å². The second-order valence-electron chi connectivity index (χ2n) is 6.19. The molecule has 6 atom stereocenters. The predicted octanol–water partition coefficient (Wildman–Crippen LogP) is -3.13. The van der Waals surface area contributed by atoms with Gasteiger partial charge in [-0.1, -0.05) is 0 Å². The summed E-state index contributed by atoms with van der Waals surface area (Å²) in [6, 6.07) is -1.33. The van der Waals surface area contributed by atoms with Crippen LogP contribution in [-0.2, 0) is 19.1 Å². The summed E-state index contributed by atoms with van der Waals surface area (Å²) in [6.07, 6.45) is -5.84. The fraction of sp³-hybridized carbons (Fsp3) is 0.800. The molecular weight excluding hydrogens is 354 g/mol. The van der Waals surface area contributed by atoms with E-state index in [4.69, 9.17) is 14.9 Å². The minimum absolute atomic E-state index is 0.00558. The second-order valence-corrected chi connectivity index (χ2v) is 6.19. The van der Waals surface area contributed by atoms with Gasteiger partial charge in [0.05, 0.1) is 18.8 Å². The maximum absolute atomic E-state index is 12.0. The fourth-order valence-electron chi connectivity index (χ4n) is 2.67. The number of carbonyl (C=O) groups is 3. The Bertz CT molecular complexity index is 501. The first-order valence-corrected chi connectivity index (χ1v) is 8.18. The van der Waals surface area contributed by atoms with Crippen molar-refractivity contribution in [1.29, 1.82) is 0 Å². The molecule has 1 saturated heterocycles. The topological polar surface area (TPSA) is 194 Å². The van der Waals surface area contributed by atoms with Crippen LogP contribution in [-0.4, -0.2) is 91.7 Å². The van der Waals surface area contributed by atoms with E-state index in [9.17, 15) is 34.8 Å². The molecule has 1 heterocycles. The third kappa shape index (κ3) is 5.69. The number of aliphatic carboxylic acids is 1. The fourth-order valence-corrected chi connectivity index (χ4v) is 2.67. The minimum Gasteiger partial charge on any atom is -0.477 e. The zero-order valence-electron chi connectivity index (χ0n) is 14.0. The van der Waals surface area contributed by atoms with Crippen molar-refractivity contribution >= 4 is 18.2 Å². The lowest BCUT2D eigenvalue weighted by atomic mass is 9.88. The molecule has 150 valence electrons. The molecule has 1 unspecified atom stereocenters. The van der Waals surface area contributed by atoms with Crippen molar-refractivity contribution in [2.45, 2.75) is 68.3 Å². The van der Waals surface area contributed by atoms with Crippen LogP contribution in [0.4, 0.5) is 0 Å². The van der Waals surface area contributed by atoms with E-state index in [2.05, 4.69) is 5.32 Å². The number of aliphatic hydroxyl groups is 5. The molecule has 0 bridgehead atoms. The molecule has 11 nitrogen and oxygen atoms in total. The molecule has 26 heavy (non-hydrogen) atoms. The molecule has 0 saturated carbocycles. The summed E-state index contributed by atoms with van der Waals surface area (Å²) in [6.45, 7) is -0.894. The van der Waals surface area contributed by atoms with Crippen LogP contribution in [0.25, 0.3) is 0 Å². The molecule has 0 aromatic rings. The zero-order valence-corrected chi connectivity index (χ0v) is 14.0. The number of nitrogens with one attached hydrogen (secondary N) is 1. The first-order chi connectivity index (χ1) is 12.2. The number of hydrogen-bond acceptors (Lipinski definition) is 9. The molecule has 0 spiro atoms. The molecule has 0 aromatic carbocycles. The quantitative estimate of drug-likeness (QED) is 0.151. The number of aliphatic hydroxyl groups excluding tert-OH is 4. The number of amides is 1. The van der Waals surface area contributed by atoms with Gasteiger partial charge in [-0.15, -0.1) is 0 Å². The van der Waals surface area contributed by atoms with Gasteiger partial charge in [0, 0.05) is 19.3 Å². The normalized spacial score (nSPS) is 31.0. The summed E-state index contributed by atoms with van der Waals surface area (Å²) < 4.78 is 4.96. The Kier molecular flexibility index (Phi) is 8.53. The van der Waals surface area contributed by atoms with Crippen molar-refractivity contribution in [1.82, 2.24) is 5.32 Å². The molecule has 1 rings (SSSR count). The SMILES string of the molecule is O=CCCCCC(=O)N[C@H]1[C@H]([C@H](O)[C@H](O)CO)OC(O)(C(=O)O)C[C@@H]1O. The van der Waals surface area contributed by atoms with Crippen LogP contribution in [0.5, 0.6) is 0 Å². The highest BCUT2D eigenvalue weighted by atomic mass is 16.7. The summed E-state index contributed by atoms with van der Waals surface area (Å²) in [5.41, 5.74) is 0. The van der Waals surface area contributed by atoms with Crippen LogP contribution < -0.4 is 5.32 Å². The Morgan fingerprint density at radius 1 is 1.31 bits per heavy atom. The van der Waals surface area contributed by atoms with Crippen LogP contribution in [0.2, 0.25) is 0 Å². The maximum atomic E-state index is 12.0. The van der Waals surface area contributed by atoms with Gasteiger partial charge in [0.2, 0.25) is 5.91 Å². The summed E-state index contributed by atoms with van der Waals surface area (Å²) in [7, 11) is 0. The number of carboxylic acid groups (broad SMARTS) is 1. The van der Waals surface area contributed by atoms with Crippen molar-refractivity contribution in [3.05, 3.63) is 0 Å². The summed E-state index contributed by atoms with van der Waals surface area (Å²) in [5, 5.41) is 60.2. The molecule has 11 heteroatoms. The average molecular weight is 379 g/mol. The third-order valence-electron chi connectivity index (χ3n) is 4.14. The van der Waals surface area contributed by atoms with Gasteiger partial charge < -0.3 is 45.5 Å². The van der Waals surface area contributed by atoms with E-state index in [0.717, 1.165) is 0 Å². The van der Waals surface area contributed by atoms with Gasteiger partial charge in [-0.3, -0.25) is 4.79 Å². The van der Waals surface area contributed by atoms with Crippen molar-refractivity contribution in [3.8, 4) is 0 Å². The van der Waals surface area contributed by atoms with Crippen molar-refractivity contribution in [3.63, 3.8) is 0 Å². The summed E-state index contributed by atoms with van der Waals surface area (Å²) >= 11 is 0. The van der Waals surface area contributed by atoms with Gasteiger partial charge in [-0.25, -0.2) is 4.79 Å². The molecule has 1 fully saturated rings. The Morgan fingerprint density at radius 3 is 2.50 bits per heavy atom. The van der Waals surface area contributed by atoms with Gasteiger partial charge >= 0.3 is 5.97 Å². The number of aldehydes is 1. The van der Waals surface area contributed by atoms with E-state index < -0.39 is 61.1 Å². The number of ether oxygens (including phenoxy) is 1. The van der Waals surface area contributed by atoms with Crippen LogP contribution in [0, 0.1) is 0 Å². The Balaban J connectivity index is 2.89. The van der Waals surface area contributed by atoms with E-state index in [1.807, 2.05) is 0 Å². The number of carboxylic acids is 1. The lowest BCUT2D eigenvalue weighted by Crippen LogP contribution is -2.67. The molecule has 0 aromatic heterocycles. The Hall–Kier alpha value is -1.63. The molecule has 1 aliphatic rings. The van der Waals surface area contributed by atoms with Crippen LogP contribution in [0.15, 0.2) is 0 Å². The molecule has 1 amide bonds. The third-order valence-corrected chi connectivity index (χ3v) is 4.14. The van der Waals surface area contributed by atoms with E-state index in [1.165, 1.54) is 0 Å². The lowest BCUT2D eigenvalue weighted by Gasteiger charge is -2.44. The molecular formula is C15H25NO10. The van der Waals surface area contributed by atoms with Crippen LogP contribution >= 0.6 is 0 Å². The monoisotopic (exact) mass is 379 g/mol. The van der Waals surface area contributed by atoms with Gasteiger partial charge in [0.25, 0.3) is 5.79 Å². The zero-order chi connectivity index (χ0) is 19.9. The number of hydrogen-bond donors (Lipinski definition) is 7. The lowest BCUT2D eigenvalue weighted by molar-refractivity contribution is -0.295. The van der Waals surface area contributed by atoms with Gasteiger partial charge in [-0.2, -0.15) is 0 Å². The van der Waals surface area contributed by atoms with Crippen molar-refractivity contribution in [2.24, 2.45) is 0 Å². The highest BCUT2D eigenvalue weighted by Gasteiger charge is 2.53. The molecule has 1 aliphatic heterocycles. The number of rotatable bonds is 10. The average Bonchev–Trinajstić information content (AvgIpc) is 2.59. The van der Waals surface area contributed by atoms with Crippen LogP contribution in [0.3, 0.4) is 0 Å². The Labute approximate surface area is 149 Å². The van der Waals surface area contributed by atoms with Crippen molar-refractivity contribution < 1.29 is 49.8 Å². The van der Waals surface area contributed by atoms with Crippen molar-refractivity contribution in [2.75, 3.05) is 6.61 Å². The highest BCUT2D eigenvalue weighted by molar-refractivity contribution is 5.77. The minimum atomic E-state index is -2.83. The maximum Gasteiger partial charge on any atom is 0.364 e. The van der Waals surface area contributed by atoms with E-state index >= 15 is 0 Å². The first kappa shape index (κ1) is 22.4. The largest absolute Gasteiger partial charge is 0.477 e. The van der Waals surface area contributed by atoms with E-state index in [1.54, 1.807) is 0 Å². The van der Waals surface area contributed by atoms with E-state index in [-0.39, 0.29) is 12.8 Å². The molecule has 7 N–H and O–H groups in total. The molecule has 0 radical (unpaired) electrons. The standard InChI is InChI=1S/C15H25NO10/c17-5-3-1-2-4-10(21)16-11-8(19)6-15(25,14(23)24)26-13(11)12(22)9(20)7-18/h5,8-9,11-13,18-20,22,25H,1-4,6-7H2,(H,16,21)(H,23,24)/t8-,9+,11+,12+,13+,15?/m0/s1. The predicted molar refractivity (Wildman–Crippen MR) is 83.6 cm³/mol. The molecule has 0 aliphatic carbocycles. The summed E-state index contributed by atoms with van der Waals surface area (Å²) in [5.74, 6) is -5.20. The smallest absolute Gasteiger partial charge is 0.364 e. The van der Waals surface area contributed by atoms with Gasteiger partial charge in [-0.05, 0) is 12.8 Å². The number of carbonyl (C=O) groups excluding carboxylic acids is 2. The number of unbranched alkanes of at least 4 members (excludes halogenated alkanes) is 2. The van der Waals surface area contributed by atoms with Crippen LogP contribution in [0.1, 0.15) is 32.1 Å². The van der Waals surface area contributed by atoms with Gasteiger partial charge in [0.15, 0.2) is 0 Å². The highest BCUT2D eigenvalue weighted by Crippen LogP contribution is 2.30. The second kappa shape index (κ2) is 9.90.